The van der Waals surface area contributed by atoms with Crippen molar-refractivity contribution >= 4 is 5.91 Å². The largest absolute Gasteiger partial charge is 0.492 e. The molecule has 34 heavy (non-hydrogen) atoms. The Kier molecular flexibility index (Phi) is 5.99. The molecule has 0 atom stereocenters. The molecule has 1 fully saturated rings. The fourth-order valence-corrected chi connectivity index (χ4v) is 4.06. The molecule has 1 aliphatic carbocycles. The number of nitrogens with zero attached hydrogens (tertiary/aromatic N) is 5. The molecule has 0 aliphatic heterocycles. The molecule has 0 unspecified atom stereocenters. The summed E-state index contributed by atoms with van der Waals surface area (Å²) in [6.07, 6.45) is 4.54. The highest BCUT2D eigenvalue weighted by Crippen LogP contribution is 2.39. The number of carbonyl (C=O) groups is 1. The summed E-state index contributed by atoms with van der Waals surface area (Å²) in [5, 5.41) is 11.8. The molecule has 1 aromatic carbocycles. The Morgan fingerprint density at radius 3 is 2.62 bits per heavy atom. The predicted octanol–water partition coefficient (Wildman–Crippen LogP) is 3.94. The van der Waals surface area contributed by atoms with Gasteiger partial charge in [-0.3, -0.25) is 14.3 Å². The first-order valence-corrected chi connectivity index (χ1v) is 11.2. The van der Waals surface area contributed by atoms with E-state index in [1.54, 1.807) is 65.5 Å². The van der Waals surface area contributed by atoms with E-state index in [2.05, 4.69) is 25.5 Å². The van der Waals surface area contributed by atoms with Crippen molar-refractivity contribution in [3.8, 4) is 23.0 Å². The van der Waals surface area contributed by atoms with Gasteiger partial charge in [-0.1, -0.05) is 18.2 Å². The fourth-order valence-electron chi connectivity index (χ4n) is 4.06. The first kappa shape index (κ1) is 21.7. The van der Waals surface area contributed by atoms with Gasteiger partial charge in [0.15, 0.2) is 5.82 Å². The zero-order valence-electron chi connectivity index (χ0n) is 18.6. The number of para-hydroxylation sites is 1. The van der Waals surface area contributed by atoms with Crippen LogP contribution >= 0.6 is 0 Å². The number of ether oxygens (including phenoxy) is 1. The van der Waals surface area contributed by atoms with Gasteiger partial charge < -0.3 is 10.1 Å². The Morgan fingerprint density at radius 2 is 1.91 bits per heavy atom. The van der Waals surface area contributed by atoms with Gasteiger partial charge in [-0.2, -0.15) is 0 Å². The van der Waals surface area contributed by atoms with E-state index in [-0.39, 0.29) is 23.7 Å². The summed E-state index contributed by atoms with van der Waals surface area (Å²) in [5.41, 5.74) is 1.29. The normalized spacial score (nSPS) is 17.1. The molecule has 3 aromatic heterocycles. The van der Waals surface area contributed by atoms with Gasteiger partial charge in [0.2, 0.25) is 0 Å². The highest BCUT2D eigenvalue weighted by molar-refractivity contribution is 5.92. The third kappa shape index (κ3) is 4.24. The van der Waals surface area contributed by atoms with Gasteiger partial charge in [0.05, 0.1) is 18.5 Å². The average molecular weight is 458 g/mol. The molecule has 0 bridgehead atoms. The number of pyridine rings is 2. The second-order valence-electron chi connectivity index (χ2n) is 8.03. The molecule has 0 saturated heterocycles. The lowest BCUT2D eigenvalue weighted by molar-refractivity contribution is 0.0902. The lowest BCUT2D eigenvalue weighted by Gasteiger charge is -2.35. The van der Waals surface area contributed by atoms with Crippen LogP contribution in [0.4, 0.5) is 4.39 Å². The molecule has 172 valence electrons. The standard InChI is InChI=1S/C25H23FN6O2/c1-2-34-18-10-11-20(28-15-18)24-31-30-23(32(24)22-9-4-3-7-19(22)26)16-13-17(14-16)29-25(33)21-8-5-6-12-27-21/h3-12,15-17H,2,13-14H2,1H3,(H,29,33)/t16-,17-. The summed E-state index contributed by atoms with van der Waals surface area (Å²) >= 11 is 0. The molecular formula is C25H23FN6O2. The molecule has 3 heterocycles. The van der Waals surface area contributed by atoms with Crippen LogP contribution in [-0.4, -0.2) is 43.3 Å². The first-order valence-electron chi connectivity index (χ1n) is 11.2. The van der Waals surface area contributed by atoms with Crippen molar-refractivity contribution in [2.24, 2.45) is 0 Å². The van der Waals surface area contributed by atoms with Crippen LogP contribution in [0.25, 0.3) is 17.2 Å². The quantitative estimate of drug-likeness (QED) is 0.451. The van der Waals surface area contributed by atoms with Gasteiger partial charge in [-0.15, -0.1) is 10.2 Å². The van der Waals surface area contributed by atoms with Crippen molar-refractivity contribution in [2.45, 2.75) is 31.7 Å². The van der Waals surface area contributed by atoms with Crippen molar-refractivity contribution in [1.29, 1.82) is 0 Å². The lowest BCUT2D eigenvalue weighted by Crippen LogP contribution is -2.44. The minimum Gasteiger partial charge on any atom is -0.492 e. The molecule has 1 aliphatic rings. The summed E-state index contributed by atoms with van der Waals surface area (Å²) < 4.78 is 22.0. The van der Waals surface area contributed by atoms with Gasteiger partial charge in [0.25, 0.3) is 5.91 Å². The van der Waals surface area contributed by atoms with Crippen molar-refractivity contribution in [3.05, 3.63) is 84.3 Å². The average Bonchev–Trinajstić information content (AvgIpc) is 3.26. The molecule has 0 radical (unpaired) electrons. The van der Waals surface area contributed by atoms with Crippen LogP contribution in [-0.2, 0) is 0 Å². The van der Waals surface area contributed by atoms with Crippen LogP contribution < -0.4 is 10.1 Å². The third-order valence-corrected chi connectivity index (χ3v) is 5.79. The van der Waals surface area contributed by atoms with E-state index < -0.39 is 0 Å². The van der Waals surface area contributed by atoms with Gasteiger partial charge in [0.1, 0.15) is 28.8 Å². The summed E-state index contributed by atoms with van der Waals surface area (Å²) in [7, 11) is 0. The Hall–Kier alpha value is -4.14. The summed E-state index contributed by atoms with van der Waals surface area (Å²) in [4.78, 5) is 21.0. The number of hydrogen-bond donors (Lipinski definition) is 1. The molecule has 1 amide bonds. The highest BCUT2D eigenvalue weighted by Gasteiger charge is 2.36. The van der Waals surface area contributed by atoms with E-state index in [1.165, 1.54) is 6.07 Å². The lowest BCUT2D eigenvalue weighted by atomic mass is 9.79. The Bertz CT molecular complexity index is 1290. The number of aromatic nitrogens is 5. The van der Waals surface area contributed by atoms with Crippen LogP contribution in [0.15, 0.2) is 67.0 Å². The molecule has 4 aromatic rings. The topological polar surface area (TPSA) is 94.8 Å². The number of rotatable bonds is 7. The number of halogens is 1. The summed E-state index contributed by atoms with van der Waals surface area (Å²) in [6.45, 7) is 2.44. The minimum atomic E-state index is -0.380. The Morgan fingerprint density at radius 1 is 1.09 bits per heavy atom. The van der Waals surface area contributed by atoms with Crippen molar-refractivity contribution in [1.82, 2.24) is 30.0 Å². The zero-order chi connectivity index (χ0) is 23.5. The van der Waals surface area contributed by atoms with Crippen molar-refractivity contribution in [3.63, 3.8) is 0 Å². The summed E-state index contributed by atoms with van der Waals surface area (Å²) in [5.74, 6) is 1.16. The monoisotopic (exact) mass is 458 g/mol. The Balaban J connectivity index is 1.41. The Labute approximate surface area is 195 Å². The smallest absolute Gasteiger partial charge is 0.270 e. The number of benzene rings is 1. The molecule has 9 heteroatoms. The van der Waals surface area contributed by atoms with E-state index in [4.69, 9.17) is 4.74 Å². The van der Waals surface area contributed by atoms with E-state index in [0.717, 1.165) is 0 Å². The maximum atomic E-state index is 14.8. The van der Waals surface area contributed by atoms with E-state index >= 15 is 0 Å². The third-order valence-electron chi connectivity index (χ3n) is 5.79. The molecule has 1 saturated carbocycles. The zero-order valence-corrected chi connectivity index (χ0v) is 18.6. The number of amides is 1. The second-order valence-corrected chi connectivity index (χ2v) is 8.03. The van der Waals surface area contributed by atoms with Crippen LogP contribution in [0.1, 0.15) is 42.0 Å². The predicted molar refractivity (Wildman–Crippen MR) is 123 cm³/mol. The van der Waals surface area contributed by atoms with E-state index in [0.29, 0.717) is 53.9 Å². The second kappa shape index (κ2) is 9.38. The maximum absolute atomic E-state index is 14.8. The van der Waals surface area contributed by atoms with Crippen LogP contribution in [0.5, 0.6) is 5.75 Å². The van der Waals surface area contributed by atoms with Crippen LogP contribution in [0.2, 0.25) is 0 Å². The van der Waals surface area contributed by atoms with Gasteiger partial charge in [-0.25, -0.2) is 9.37 Å². The highest BCUT2D eigenvalue weighted by atomic mass is 19.1. The number of carbonyl (C=O) groups excluding carboxylic acids is 1. The van der Waals surface area contributed by atoms with Crippen LogP contribution in [0.3, 0.4) is 0 Å². The van der Waals surface area contributed by atoms with Gasteiger partial charge in [0, 0.05) is 18.2 Å². The molecule has 5 rings (SSSR count). The number of nitrogens with one attached hydrogen (secondary N) is 1. The molecular weight excluding hydrogens is 435 g/mol. The van der Waals surface area contributed by atoms with Gasteiger partial charge >= 0.3 is 0 Å². The first-order chi connectivity index (χ1) is 16.6. The fraction of sp³-hybridized carbons (Fsp3) is 0.240. The summed E-state index contributed by atoms with van der Waals surface area (Å²) in [6, 6.07) is 15.3. The molecule has 1 N–H and O–H groups in total. The van der Waals surface area contributed by atoms with Gasteiger partial charge in [-0.05, 0) is 56.2 Å². The molecule has 8 nitrogen and oxygen atoms in total. The number of hydrogen-bond acceptors (Lipinski definition) is 6. The molecule has 0 spiro atoms. The SMILES string of the molecule is CCOc1ccc(-c2nnc([C@H]3C[C@H](NC(=O)c4ccccn4)C3)n2-c2ccccc2F)nc1. The van der Waals surface area contributed by atoms with E-state index in [1.807, 2.05) is 6.92 Å². The van der Waals surface area contributed by atoms with Crippen LogP contribution in [0, 0.1) is 5.82 Å². The van der Waals surface area contributed by atoms with Crippen molar-refractivity contribution < 1.29 is 13.9 Å². The van der Waals surface area contributed by atoms with E-state index in [9.17, 15) is 9.18 Å². The minimum absolute atomic E-state index is 0.0117. The maximum Gasteiger partial charge on any atom is 0.270 e. The van der Waals surface area contributed by atoms with Crippen molar-refractivity contribution in [2.75, 3.05) is 6.61 Å².